The maximum absolute atomic E-state index is 12.6. The third-order valence-corrected chi connectivity index (χ3v) is 3.15. The van der Waals surface area contributed by atoms with Crippen molar-refractivity contribution >= 4 is 17.5 Å². The molecule has 0 spiro atoms. The van der Waals surface area contributed by atoms with Gasteiger partial charge in [-0.3, -0.25) is 14.5 Å². The van der Waals surface area contributed by atoms with Crippen LogP contribution in [0.3, 0.4) is 0 Å². The molecule has 0 aliphatic heterocycles. The van der Waals surface area contributed by atoms with Gasteiger partial charge in [0.15, 0.2) is 0 Å². The topological polar surface area (TPSA) is 76.4 Å². The Bertz CT molecular complexity index is 587. The van der Waals surface area contributed by atoms with Crippen molar-refractivity contribution in [3.05, 3.63) is 30.3 Å². The summed E-state index contributed by atoms with van der Waals surface area (Å²) in [6.07, 6.45) is 0.259. The molecular formula is C18H26N4O2. The van der Waals surface area contributed by atoms with Crippen LogP contribution in [0.5, 0.6) is 0 Å². The number of anilines is 1. The van der Waals surface area contributed by atoms with Gasteiger partial charge in [-0.15, -0.1) is 0 Å². The zero-order chi connectivity index (χ0) is 18.2. The second-order valence-electron chi connectivity index (χ2n) is 6.76. The lowest BCUT2D eigenvalue weighted by atomic mass is 10.1. The molecule has 0 saturated heterocycles. The Morgan fingerprint density at radius 1 is 1.17 bits per heavy atom. The van der Waals surface area contributed by atoms with Gasteiger partial charge in [-0.05, 0) is 40.0 Å². The van der Waals surface area contributed by atoms with Gasteiger partial charge in [-0.25, -0.2) is 0 Å². The first-order valence-corrected chi connectivity index (χ1v) is 7.95. The molecule has 0 aliphatic carbocycles. The van der Waals surface area contributed by atoms with Crippen molar-refractivity contribution in [2.45, 2.75) is 32.7 Å². The van der Waals surface area contributed by atoms with Gasteiger partial charge in [0.1, 0.15) is 0 Å². The molecule has 6 nitrogen and oxygen atoms in total. The van der Waals surface area contributed by atoms with Crippen LogP contribution in [0, 0.1) is 11.3 Å². The molecule has 24 heavy (non-hydrogen) atoms. The van der Waals surface area contributed by atoms with E-state index in [2.05, 4.69) is 11.4 Å². The fraction of sp³-hybridized carbons (Fsp3) is 0.500. The largest absolute Gasteiger partial charge is 0.350 e. The number of amides is 2. The van der Waals surface area contributed by atoms with Crippen LogP contribution in [0.15, 0.2) is 30.3 Å². The van der Waals surface area contributed by atoms with Gasteiger partial charge < -0.3 is 10.2 Å². The van der Waals surface area contributed by atoms with E-state index in [0.717, 1.165) is 5.69 Å². The first kappa shape index (κ1) is 19.7. The van der Waals surface area contributed by atoms with E-state index < -0.39 is 0 Å². The fourth-order valence-electron chi connectivity index (χ4n) is 2.24. The summed E-state index contributed by atoms with van der Waals surface area (Å²) >= 11 is 0. The molecule has 1 N–H and O–H groups in total. The van der Waals surface area contributed by atoms with Crippen LogP contribution in [0.1, 0.15) is 27.2 Å². The molecule has 0 heterocycles. The Morgan fingerprint density at radius 3 is 2.33 bits per heavy atom. The molecule has 6 heteroatoms. The Labute approximate surface area is 144 Å². The van der Waals surface area contributed by atoms with E-state index in [1.54, 1.807) is 16.8 Å². The van der Waals surface area contributed by atoms with Crippen molar-refractivity contribution < 1.29 is 9.59 Å². The number of benzene rings is 1. The van der Waals surface area contributed by atoms with Gasteiger partial charge in [-0.2, -0.15) is 5.26 Å². The van der Waals surface area contributed by atoms with Crippen molar-refractivity contribution in [1.82, 2.24) is 10.2 Å². The second-order valence-corrected chi connectivity index (χ2v) is 6.76. The standard InChI is InChI=1S/C18H26N4O2/c1-18(2,3)20-16(23)13-21(4)14-17(24)22(12-8-11-19)15-9-6-5-7-10-15/h5-7,9-10H,8,12-14H2,1-4H3,(H,20,23). The third-order valence-electron chi connectivity index (χ3n) is 3.15. The molecule has 0 aliphatic rings. The number of carbonyl (C=O) groups is 2. The summed E-state index contributed by atoms with van der Waals surface area (Å²) in [5.74, 6) is -0.261. The van der Waals surface area contributed by atoms with Gasteiger partial charge in [0.2, 0.25) is 11.8 Å². The van der Waals surface area contributed by atoms with Crippen molar-refractivity contribution in [3.63, 3.8) is 0 Å². The lowest BCUT2D eigenvalue weighted by molar-refractivity contribution is -0.124. The van der Waals surface area contributed by atoms with Crippen LogP contribution in [-0.4, -0.2) is 48.9 Å². The quantitative estimate of drug-likeness (QED) is 0.827. The normalized spacial score (nSPS) is 11.0. The SMILES string of the molecule is CN(CC(=O)NC(C)(C)C)CC(=O)N(CCC#N)c1ccccc1. The van der Waals surface area contributed by atoms with E-state index in [4.69, 9.17) is 5.26 Å². The summed E-state index contributed by atoms with van der Waals surface area (Å²) in [6, 6.07) is 11.3. The van der Waals surface area contributed by atoms with E-state index in [-0.39, 0.29) is 36.9 Å². The summed E-state index contributed by atoms with van der Waals surface area (Å²) in [7, 11) is 1.73. The highest BCUT2D eigenvalue weighted by atomic mass is 16.2. The Balaban J connectivity index is 2.67. The van der Waals surface area contributed by atoms with Crippen LogP contribution >= 0.6 is 0 Å². The number of hydrogen-bond acceptors (Lipinski definition) is 4. The summed E-state index contributed by atoms with van der Waals surface area (Å²) < 4.78 is 0. The van der Waals surface area contributed by atoms with Gasteiger partial charge in [-0.1, -0.05) is 18.2 Å². The number of carbonyl (C=O) groups excluding carboxylic acids is 2. The molecule has 2 amide bonds. The molecule has 0 bridgehead atoms. The van der Waals surface area contributed by atoms with E-state index in [0.29, 0.717) is 6.54 Å². The van der Waals surface area contributed by atoms with Crippen molar-refractivity contribution in [2.75, 3.05) is 31.6 Å². The maximum Gasteiger partial charge on any atom is 0.241 e. The molecule has 0 saturated carbocycles. The highest BCUT2D eigenvalue weighted by molar-refractivity contribution is 5.95. The molecule has 0 fully saturated rings. The van der Waals surface area contributed by atoms with Gasteiger partial charge in [0, 0.05) is 17.8 Å². The van der Waals surface area contributed by atoms with Crippen LogP contribution in [-0.2, 0) is 9.59 Å². The maximum atomic E-state index is 12.6. The Morgan fingerprint density at radius 2 is 1.79 bits per heavy atom. The van der Waals surface area contributed by atoms with E-state index in [9.17, 15) is 9.59 Å². The minimum atomic E-state index is -0.301. The van der Waals surface area contributed by atoms with Crippen molar-refractivity contribution in [3.8, 4) is 6.07 Å². The molecule has 0 radical (unpaired) electrons. The molecule has 0 atom stereocenters. The number of nitriles is 1. The summed E-state index contributed by atoms with van der Waals surface area (Å²) in [4.78, 5) is 27.8. The fourth-order valence-corrected chi connectivity index (χ4v) is 2.24. The van der Waals surface area contributed by atoms with E-state index in [1.807, 2.05) is 51.1 Å². The predicted molar refractivity (Wildman–Crippen MR) is 94.4 cm³/mol. The lowest BCUT2D eigenvalue weighted by Crippen LogP contribution is -2.47. The molecule has 1 aromatic carbocycles. The van der Waals surface area contributed by atoms with Gasteiger partial charge >= 0.3 is 0 Å². The van der Waals surface area contributed by atoms with Gasteiger partial charge in [0.05, 0.1) is 25.6 Å². The summed E-state index contributed by atoms with van der Waals surface area (Å²) in [5, 5.41) is 11.7. The van der Waals surface area contributed by atoms with E-state index >= 15 is 0 Å². The van der Waals surface area contributed by atoms with E-state index in [1.165, 1.54) is 0 Å². The first-order valence-electron chi connectivity index (χ1n) is 7.95. The average molecular weight is 330 g/mol. The number of nitrogens with zero attached hydrogens (tertiary/aromatic N) is 3. The number of hydrogen-bond donors (Lipinski definition) is 1. The number of rotatable bonds is 7. The Hall–Kier alpha value is -2.39. The van der Waals surface area contributed by atoms with Crippen LogP contribution < -0.4 is 10.2 Å². The molecule has 0 aromatic heterocycles. The third kappa shape index (κ3) is 7.25. The zero-order valence-electron chi connectivity index (χ0n) is 14.9. The number of nitrogens with one attached hydrogen (secondary N) is 1. The lowest BCUT2D eigenvalue weighted by Gasteiger charge is -2.26. The van der Waals surface area contributed by atoms with Crippen molar-refractivity contribution in [1.29, 1.82) is 5.26 Å². The van der Waals surface area contributed by atoms with Crippen LogP contribution in [0.4, 0.5) is 5.69 Å². The van der Waals surface area contributed by atoms with Crippen molar-refractivity contribution in [2.24, 2.45) is 0 Å². The minimum absolute atomic E-state index is 0.109. The Kier molecular flexibility index (Phi) is 7.40. The molecule has 130 valence electrons. The van der Waals surface area contributed by atoms with Crippen LogP contribution in [0.25, 0.3) is 0 Å². The highest BCUT2D eigenvalue weighted by Crippen LogP contribution is 2.14. The molecule has 0 unspecified atom stereocenters. The minimum Gasteiger partial charge on any atom is -0.350 e. The number of para-hydroxylation sites is 1. The molecular weight excluding hydrogens is 304 g/mol. The van der Waals surface area contributed by atoms with Gasteiger partial charge in [0.25, 0.3) is 0 Å². The van der Waals surface area contributed by atoms with Crippen LogP contribution in [0.2, 0.25) is 0 Å². The monoisotopic (exact) mass is 330 g/mol. The average Bonchev–Trinajstić information content (AvgIpc) is 2.46. The smallest absolute Gasteiger partial charge is 0.241 e. The highest BCUT2D eigenvalue weighted by Gasteiger charge is 2.20. The number of likely N-dealkylation sites (N-methyl/N-ethyl adjacent to an activating group) is 1. The second kappa shape index (κ2) is 9.04. The molecule has 1 rings (SSSR count). The first-order chi connectivity index (χ1) is 11.2. The summed E-state index contributed by atoms with van der Waals surface area (Å²) in [6.45, 7) is 6.32. The summed E-state index contributed by atoms with van der Waals surface area (Å²) in [5.41, 5.74) is 0.454. The zero-order valence-corrected chi connectivity index (χ0v) is 14.9. The molecule has 1 aromatic rings. The predicted octanol–water partition coefficient (Wildman–Crippen LogP) is 1.78.